The molecule has 1 unspecified atom stereocenters. The van der Waals surface area contributed by atoms with Crippen molar-refractivity contribution in [1.29, 1.82) is 0 Å². The Morgan fingerprint density at radius 3 is 2.53 bits per heavy atom. The van der Waals surface area contributed by atoms with Crippen LogP contribution in [0, 0.1) is 0 Å². The highest BCUT2D eigenvalue weighted by Gasteiger charge is 2.32. The maximum atomic E-state index is 12.3. The molecule has 0 saturated carbocycles. The first-order valence-electron chi connectivity index (χ1n) is 6.24. The van der Waals surface area contributed by atoms with Crippen molar-refractivity contribution in [1.82, 2.24) is 9.80 Å². The molecule has 17 heavy (non-hydrogen) atoms. The van der Waals surface area contributed by atoms with E-state index in [1.807, 2.05) is 11.8 Å². The summed E-state index contributed by atoms with van der Waals surface area (Å²) in [6.45, 7) is 7.60. The third-order valence-electron chi connectivity index (χ3n) is 3.26. The normalized spacial score (nSPS) is 21.3. The quantitative estimate of drug-likeness (QED) is 0.829. The van der Waals surface area contributed by atoms with Gasteiger partial charge in [-0.15, -0.1) is 12.4 Å². The van der Waals surface area contributed by atoms with Crippen LogP contribution in [0.2, 0.25) is 0 Å². The standard InChI is InChI=1S/C12H25N3O.ClH/c1-4-6-12(2,13)11(16)15-8-5-7-14(3)9-10-15;/h4-10,13H2,1-3H3;1H. The predicted molar refractivity (Wildman–Crippen MR) is 73.4 cm³/mol. The molecule has 0 spiro atoms. The Labute approximate surface area is 111 Å². The number of halogens is 1. The highest BCUT2D eigenvalue weighted by molar-refractivity contribution is 5.85. The molecule has 0 aromatic rings. The number of hydrogen-bond acceptors (Lipinski definition) is 3. The Kier molecular flexibility index (Phi) is 7.05. The summed E-state index contributed by atoms with van der Waals surface area (Å²) in [6.07, 6.45) is 2.76. The first kappa shape index (κ1) is 16.7. The number of nitrogens with zero attached hydrogens (tertiary/aromatic N) is 2. The van der Waals surface area contributed by atoms with E-state index in [-0.39, 0.29) is 18.3 Å². The lowest BCUT2D eigenvalue weighted by Gasteiger charge is -2.30. The summed E-state index contributed by atoms with van der Waals surface area (Å²) in [5, 5.41) is 0. The van der Waals surface area contributed by atoms with Crippen LogP contribution in [-0.4, -0.2) is 54.5 Å². The van der Waals surface area contributed by atoms with Gasteiger partial charge in [-0.1, -0.05) is 13.3 Å². The van der Waals surface area contributed by atoms with Crippen LogP contribution >= 0.6 is 12.4 Å². The average molecular weight is 264 g/mol. The summed E-state index contributed by atoms with van der Waals surface area (Å²) >= 11 is 0. The van der Waals surface area contributed by atoms with Gasteiger partial charge in [-0.05, 0) is 33.4 Å². The lowest BCUT2D eigenvalue weighted by atomic mass is 9.95. The molecular formula is C12H26ClN3O. The number of likely N-dealkylation sites (N-methyl/N-ethyl adjacent to an activating group) is 1. The number of amides is 1. The molecule has 1 amide bonds. The van der Waals surface area contributed by atoms with Gasteiger partial charge in [-0.2, -0.15) is 0 Å². The van der Waals surface area contributed by atoms with Gasteiger partial charge < -0.3 is 15.5 Å². The van der Waals surface area contributed by atoms with Crippen LogP contribution < -0.4 is 5.73 Å². The smallest absolute Gasteiger partial charge is 0.242 e. The maximum Gasteiger partial charge on any atom is 0.242 e. The topological polar surface area (TPSA) is 49.6 Å². The Morgan fingerprint density at radius 1 is 1.29 bits per heavy atom. The number of rotatable bonds is 3. The molecule has 0 radical (unpaired) electrons. The lowest BCUT2D eigenvalue weighted by molar-refractivity contribution is -0.136. The van der Waals surface area contributed by atoms with Crippen molar-refractivity contribution in [2.45, 2.75) is 38.6 Å². The molecule has 1 atom stereocenters. The molecule has 5 heteroatoms. The van der Waals surface area contributed by atoms with Gasteiger partial charge in [0.1, 0.15) is 0 Å². The van der Waals surface area contributed by atoms with Gasteiger partial charge in [0.05, 0.1) is 5.54 Å². The van der Waals surface area contributed by atoms with Crippen LogP contribution in [0.25, 0.3) is 0 Å². The van der Waals surface area contributed by atoms with E-state index in [1.165, 1.54) is 0 Å². The van der Waals surface area contributed by atoms with E-state index in [2.05, 4.69) is 18.9 Å². The van der Waals surface area contributed by atoms with Crippen molar-refractivity contribution in [2.24, 2.45) is 5.73 Å². The molecule has 1 heterocycles. The van der Waals surface area contributed by atoms with E-state index < -0.39 is 5.54 Å². The number of nitrogens with two attached hydrogens (primary N) is 1. The summed E-state index contributed by atoms with van der Waals surface area (Å²) in [5.74, 6) is 0.115. The van der Waals surface area contributed by atoms with Gasteiger partial charge in [-0.3, -0.25) is 4.79 Å². The summed E-state index contributed by atoms with van der Waals surface area (Å²) in [7, 11) is 2.10. The molecular weight excluding hydrogens is 238 g/mol. The van der Waals surface area contributed by atoms with Crippen LogP contribution in [-0.2, 0) is 4.79 Å². The van der Waals surface area contributed by atoms with Crippen LogP contribution in [0.3, 0.4) is 0 Å². The summed E-state index contributed by atoms with van der Waals surface area (Å²) < 4.78 is 0. The minimum absolute atomic E-state index is 0. The van der Waals surface area contributed by atoms with Gasteiger partial charge in [0.15, 0.2) is 0 Å². The zero-order chi connectivity index (χ0) is 12.2. The highest BCUT2D eigenvalue weighted by Crippen LogP contribution is 2.14. The van der Waals surface area contributed by atoms with Crippen LogP contribution in [0.1, 0.15) is 33.1 Å². The molecule has 1 fully saturated rings. The highest BCUT2D eigenvalue weighted by atomic mass is 35.5. The first-order chi connectivity index (χ1) is 7.47. The molecule has 1 aliphatic rings. The van der Waals surface area contributed by atoms with E-state index in [4.69, 9.17) is 5.73 Å². The lowest BCUT2D eigenvalue weighted by Crippen LogP contribution is -2.53. The molecule has 1 rings (SSSR count). The van der Waals surface area contributed by atoms with Crippen LogP contribution in [0.4, 0.5) is 0 Å². The Morgan fingerprint density at radius 2 is 1.94 bits per heavy atom. The Bertz CT molecular complexity index is 246. The Hall–Kier alpha value is -0.320. The zero-order valence-corrected chi connectivity index (χ0v) is 12.1. The predicted octanol–water partition coefficient (Wildman–Crippen LogP) is 1.09. The molecule has 1 saturated heterocycles. The molecule has 0 aromatic carbocycles. The molecule has 1 aliphatic heterocycles. The second kappa shape index (κ2) is 7.19. The van der Waals surface area contributed by atoms with Gasteiger partial charge in [-0.25, -0.2) is 0 Å². The first-order valence-corrected chi connectivity index (χ1v) is 6.24. The van der Waals surface area contributed by atoms with Gasteiger partial charge in [0, 0.05) is 19.6 Å². The molecule has 0 bridgehead atoms. The molecule has 102 valence electrons. The van der Waals surface area contributed by atoms with Gasteiger partial charge >= 0.3 is 0 Å². The summed E-state index contributed by atoms with van der Waals surface area (Å²) in [4.78, 5) is 16.4. The minimum Gasteiger partial charge on any atom is -0.340 e. The zero-order valence-electron chi connectivity index (χ0n) is 11.2. The van der Waals surface area contributed by atoms with Crippen molar-refractivity contribution in [3.63, 3.8) is 0 Å². The van der Waals surface area contributed by atoms with E-state index in [1.54, 1.807) is 0 Å². The number of carbonyl (C=O) groups excluding carboxylic acids is 1. The van der Waals surface area contributed by atoms with E-state index in [0.717, 1.165) is 45.4 Å². The summed E-state index contributed by atoms with van der Waals surface area (Å²) in [5.41, 5.74) is 5.40. The third kappa shape index (κ3) is 4.82. The monoisotopic (exact) mass is 263 g/mol. The summed E-state index contributed by atoms with van der Waals surface area (Å²) in [6, 6.07) is 0. The average Bonchev–Trinajstić information content (AvgIpc) is 2.42. The van der Waals surface area contributed by atoms with Gasteiger partial charge in [0.2, 0.25) is 5.91 Å². The van der Waals surface area contributed by atoms with Crippen molar-refractivity contribution in [2.75, 3.05) is 33.2 Å². The Balaban J connectivity index is 0.00000256. The third-order valence-corrected chi connectivity index (χ3v) is 3.26. The van der Waals surface area contributed by atoms with Crippen LogP contribution in [0.5, 0.6) is 0 Å². The van der Waals surface area contributed by atoms with Crippen molar-refractivity contribution < 1.29 is 4.79 Å². The van der Waals surface area contributed by atoms with E-state index in [9.17, 15) is 4.79 Å². The molecule has 0 aromatic heterocycles. The SMILES string of the molecule is CCCC(C)(N)C(=O)N1CCCN(C)CC1.Cl. The largest absolute Gasteiger partial charge is 0.340 e. The molecule has 0 aliphatic carbocycles. The fourth-order valence-corrected chi connectivity index (χ4v) is 2.24. The molecule has 4 nitrogen and oxygen atoms in total. The fourth-order valence-electron chi connectivity index (χ4n) is 2.24. The fraction of sp³-hybridized carbons (Fsp3) is 0.917. The number of carbonyl (C=O) groups is 1. The maximum absolute atomic E-state index is 12.3. The number of hydrogen-bond donors (Lipinski definition) is 1. The molecule has 2 N–H and O–H groups in total. The van der Waals surface area contributed by atoms with E-state index >= 15 is 0 Å². The second-order valence-electron chi connectivity index (χ2n) is 5.12. The van der Waals surface area contributed by atoms with E-state index in [0.29, 0.717) is 0 Å². The second-order valence-corrected chi connectivity index (χ2v) is 5.12. The van der Waals surface area contributed by atoms with Crippen molar-refractivity contribution >= 4 is 18.3 Å². The van der Waals surface area contributed by atoms with Crippen LogP contribution in [0.15, 0.2) is 0 Å². The van der Waals surface area contributed by atoms with Crippen molar-refractivity contribution in [3.8, 4) is 0 Å². The van der Waals surface area contributed by atoms with Gasteiger partial charge in [0.25, 0.3) is 0 Å². The van der Waals surface area contributed by atoms with Crippen molar-refractivity contribution in [3.05, 3.63) is 0 Å². The minimum atomic E-state index is -0.683.